The van der Waals surface area contributed by atoms with E-state index in [0.717, 1.165) is 25.7 Å². The zero-order valence-corrected chi connectivity index (χ0v) is 15.6. The Labute approximate surface area is 146 Å². The summed E-state index contributed by atoms with van der Waals surface area (Å²) in [6.07, 6.45) is 11.1. The molecular formula is C20H32O4. The minimum Gasteiger partial charge on any atom is -0.481 e. The van der Waals surface area contributed by atoms with E-state index in [1.165, 1.54) is 16.7 Å². The summed E-state index contributed by atoms with van der Waals surface area (Å²) in [5.74, 6) is -1.22. The van der Waals surface area contributed by atoms with Gasteiger partial charge in [0.15, 0.2) is 0 Å². The molecule has 0 aliphatic rings. The highest BCUT2D eigenvalue weighted by molar-refractivity contribution is 5.71. The van der Waals surface area contributed by atoms with Gasteiger partial charge in [0.05, 0.1) is 0 Å². The number of hydrogen-bond donors (Lipinski definition) is 1. The van der Waals surface area contributed by atoms with Gasteiger partial charge in [0.25, 0.3) is 0 Å². The fourth-order valence-corrected chi connectivity index (χ4v) is 2.07. The molecule has 0 amide bonds. The molecule has 0 unspecified atom stereocenters. The van der Waals surface area contributed by atoms with Crippen molar-refractivity contribution in [2.24, 2.45) is 0 Å². The van der Waals surface area contributed by atoms with Crippen LogP contribution in [0.4, 0.5) is 0 Å². The van der Waals surface area contributed by atoms with Crippen LogP contribution in [0.1, 0.15) is 72.6 Å². The average Bonchev–Trinajstić information content (AvgIpc) is 2.46. The van der Waals surface area contributed by atoms with E-state index in [1.54, 1.807) is 0 Å². The third-order valence-corrected chi connectivity index (χ3v) is 3.57. The van der Waals surface area contributed by atoms with Crippen molar-refractivity contribution in [2.75, 3.05) is 6.61 Å². The van der Waals surface area contributed by atoms with Crippen molar-refractivity contribution in [3.05, 3.63) is 34.9 Å². The molecular weight excluding hydrogens is 304 g/mol. The summed E-state index contributed by atoms with van der Waals surface area (Å²) in [7, 11) is 0. The molecule has 136 valence electrons. The first-order valence-corrected chi connectivity index (χ1v) is 8.63. The van der Waals surface area contributed by atoms with Gasteiger partial charge in [0.2, 0.25) is 0 Å². The number of carbonyl (C=O) groups excluding carboxylic acids is 1. The molecule has 0 saturated heterocycles. The Morgan fingerprint density at radius 3 is 2.00 bits per heavy atom. The molecule has 0 aliphatic carbocycles. The molecule has 4 heteroatoms. The van der Waals surface area contributed by atoms with Gasteiger partial charge in [-0.1, -0.05) is 28.9 Å². The van der Waals surface area contributed by atoms with Gasteiger partial charge in [-0.3, -0.25) is 9.59 Å². The summed E-state index contributed by atoms with van der Waals surface area (Å²) in [6, 6.07) is 0. The Kier molecular flexibility index (Phi) is 12.5. The van der Waals surface area contributed by atoms with E-state index < -0.39 is 5.97 Å². The van der Waals surface area contributed by atoms with Crippen molar-refractivity contribution in [1.29, 1.82) is 0 Å². The molecule has 24 heavy (non-hydrogen) atoms. The SMILES string of the molecule is CC(C)=CCC/C(C)=C/CC/C(C)=C/COC(=O)CCCC(=O)O. The van der Waals surface area contributed by atoms with Crippen LogP contribution in [0.15, 0.2) is 34.9 Å². The van der Waals surface area contributed by atoms with E-state index in [2.05, 4.69) is 32.9 Å². The fourth-order valence-electron chi connectivity index (χ4n) is 2.07. The highest BCUT2D eigenvalue weighted by Crippen LogP contribution is 2.11. The second kappa shape index (κ2) is 13.6. The van der Waals surface area contributed by atoms with E-state index in [-0.39, 0.29) is 25.4 Å². The maximum absolute atomic E-state index is 11.4. The molecule has 0 aromatic rings. The lowest BCUT2D eigenvalue weighted by molar-refractivity contribution is -0.142. The smallest absolute Gasteiger partial charge is 0.306 e. The largest absolute Gasteiger partial charge is 0.481 e. The second-order valence-corrected chi connectivity index (χ2v) is 6.39. The zero-order valence-electron chi connectivity index (χ0n) is 15.6. The Morgan fingerprint density at radius 1 is 0.833 bits per heavy atom. The van der Waals surface area contributed by atoms with Crippen molar-refractivity contribution in [3.8, 4) is 0 Å². The first-order valence-electron chi connectivity index (χ1n) is 8.63. The summed E-state index contributed by atoms with van der Waals surface area (Å²) < 4.78 is 5.07. The lowest BCUT2D eigenvalue weighted by atomic mass is 10.1. The van der Waals surface area contributed by atoms with Gasteiger partial charge in [-0.2, -0.15) is 0 Å². The van der Waals surface area contributed by atoms with E-state index in [1.807, 2.05) is 13.0 Å². The van der Waals surface area contributed by atoms with Crippen LogP contribution in [0, 0.1) is 0 Å². The van der Waals surface area contributed by atoms with Crippen LogP contribution in [0.3, 0.4) is 0 Å². The first kappa shape index (κ1) is 22.2. The summed E-state index contributed by atoms with van der Waals surface area (Å²) >= 11 is 0. The third kappa shape index (κ3) is 15.1. The van der Waals surface area contributed by atoms with Crippen LogP contribution in [-0.2, 0) is 14.3 Å². The molecule has 4 nitrogen and oxygen atoms in total. The molecule has 0 radical (unpaired) electrons. The van der Waals surface area contributed by atoms with Crippen LogP contribution >= 0.6 is 0 Å². The normalized spacial score (nSPS) is 12.0. The minimum atomic E-state index is -0.886. The van der Waals surface area contributed by atoms with Crippen molar-refractivity contribution in [2.45, 2.75) is 72.6 Å². The third-order valence-electron chi connectivity index (χ3n) is 3.57. The van der Waals surface area contributed by atoms with E-state index in [9.17, 15) is 9.59 Å². The molecule has 1 N–H and O–H groups in total. The zero-order chi connectivity index (χ0) is 18.4. The summed E-state index contributed by atoms with van der Waals surface area (Å²) in [6.45, 7) is 8.70. The van der Waals surface area contributed by atoms with E-state index >= 15 is 0 Å². The van der Waals surface area contributed by atoms with E-state index in [0.29, 0.717) is 6.42 Å². The summed E-state index contributed by atoms with van der Waals surface area (Å²) in [5.41, 5.74) is 3.96. The summed E-state index contributed by atoms with van der Waals surface area (Å²) in [4.78, 5) is 21.8. The van der Waals surface area contributed by atoms with Gasteiger partial charge in [0, 0.05) is 12.8 Å². The van der Waals surface area contributed by atoms with Crippen LogP contribution in [0.5, 0.6) is 0 Å². The predicted octanol–water partition coefficient (Wildman–Crippen LogP) is 5.20. The molecule has 0 bridgehead atoms. The van der Waals surface area contributed by atoms with Crippen molar-refractivity contribution in [1.82, 2.24) is 0 Å². The number of aliphatic carboxylic acids is 1. The lowest BCUT2D eigenvalue weighted by Crippen LogP contribution is -2.06. The van der Waals surface area contributed by atoms with Crippen LogP contribution in [-0.4, -0.2) is 23.7 Å². The Hall–Kier alpha value is -1.84. The molecule has 0 fully saturated rings. The van der Waals surface area contributed by atoms with Gasteiger partial charge in [-0.25, -0.2) is 0 Å². The van der Waals surface area contributed by atoms with Crippen molar-refractivity contribution < 1.29 is 19.4 Å². The van der Waals surface area contributed by atoms with Crippen molar-refractivity contribution in [3.63, 3.8) is 0 Å². The highest BCUT2D eigenvalue weighted by Gasteiger charge is 2.04. The quantitative estimate of drug-likeness (QED) is 0.393. The Balaban J connectivity index is 3.88. The highest BCUT2D eigenvalue weighted by atomic mass is 16.5. The van der Waals surface area contributed by atoms with Crippen LogP contribution in [0.25, 0.3) is 0 Å². The van der Waals surface area contributed by atoms with E-state index in [4.69, 9.17) is 9.84 Å². The predicted molar refractivity (Wildman–Crippen MR) is 97.9 cm³/mol. The monoisotopic (exact) mass is 336 g/mol. The molecule has 0 saturated carbocycles. The number of ether oxygens (including phenoxy) is 1. The minimum absolute atomic E-state index is 0.00324. The van der Waals surface area contributed by atoms with Gasteiger partial charge >= 0.3 is 11.9 Å². The molecule has 0 spiro atoms. The van der Waals surface area contributed by atoms with Crippen LogP contribution < -0.4 is 0 Å². The molecule has 0 aromatic carbocycles. The Bertz CT molecular complexity index is 480. The number of esters is 1. The van der Waals surface area contributed by atoms with Gasteiger partial charge in [0.1, 0.15) is 6.61 Å². The first-order chi connectivity index (χ1) is 11.3. The molecule has 0 rings (SSSR count). The summed E-state index contributed by atoms with van der Waals surface area (Å²) in [5, 5.41) is 8.50. The number of carbonyl (C=O) groups is 2. The van der Waals surface area contributed by atoms with Crippen molar-refractivity contribution >= 4 is 11.9 Å². The van der Waals surface area contributed by atoms with Gasteiger partial charge in [-0.15, -0.1) is 0 Å². The lowest BCUT2D eigenvalue weighted by Gasteiger charge is -2.03. The maximum Gasteiger partial charge on any atom is 0.306 e. The standard InChI is InChI=1S/C20H32O4/c1-16(2)8-5-9-17(3)10-6-11-18(4)14-15-24-20(23)13-7-12-19(21)22/h8,10,14H,5-7,9,11-13,15H2,1-4H3,(H,21,22)/b17-10+,18-14+. The maximum atomic E-state index is 11.4. The fraction of sp³-hybridized carbons (Fsp3) is 0.600. The number of allylic oxidation sites excluding steroid dienone is 5. The molecule has 0 aliphatic heterocycles. The molecule has 0 atom stereocenters. The van der Waals surface area contributed by atoms with Gasteiger partial charge < -0.3 is 9.84 Å². The second-order valence-electron chi connectivity index (χ2n) is 6.39. The number of carboxylic acids is 1. The number of rotatable bonds is 12. The topological polar surface area (TPSA) is 63.6 Å². The number of carboxylic acid groups (broad SMARTS) is 1. The van der Waals surface area contributed by atoms with Crippen LogP contribution in [0.2, 0.25) is 0 Å². The molecule has 0 heterocycles. The van der Waals surface area contributed by atoms with Gasteiger partial charge in [-0.05, 0) is 65.9 Å². The Morgan fingerprint density at radius 2 is 1.42 bits per heavy atom. The molecule has 0 aromatic heterocycles. The average molecular weight is 336 g/mol. The number of hydrogen-bond acceptors (Lipinski definition) is 3.